The Bertz CT molecular complexity index is 684. The molecule has 0 amide bonds. The van der Waals surface area contributed by atoms with Crippen molar-refractivity contribution in [3.8, 4) is 5.75 Å². The summed E-state index contributed by atoms with van der Waals surface area (Å²) in [6.45, 7) is 5.27. The fourth-order valence-corrected chi connectivity index (χ4v) is 8.15. The van der Waals surface area contributed by atoms with Gasteiger partial charge in [0.2, 0.25) is 0 Å². The molecule has 2 heteroatoms. The lowest BCUT2D eigenvalue weighted by atomic mass is 9.45. The third-order valence-electron chi connectivity index (χ3n) is 9.52. The van der Waals surface area contributed by atoms with Crippen molar-refractivity contribution in [1.82, 2.24) is 0 Å². The lowest BCUT2D eigenvalue weighted by Crippen LogP contribution is -2.53. The summed E-state index contributed by atoms with van der Waals surface area (Å²) in [5.74, 6) is 4.86. The topological polar surface area (TPSA) is 9.23 Å². The molecule has 1 unspecified atom stereocenters. The fraction of sp³-hybridized carbons (Fsp3) is 0.760. The van der Waals surface area contributed by atoms with E-state index in [-0.39, 0.29) is 0 Å². The number of benzene rings is 1. The Labute approximate surface area is 170 Å². The minimum absolute atomic E-state index is 0.390. The molecule has 4 aliphatic carbocycles. The molecule has 1 aromatic rings. The summed E-state index contributed by atoms with van der Waals surface area (Å²) in [5, 5.41) is 0.785. The van der Waals surface area contributed by atoms with Gasteiger partial charge < -0.3 is 4.74 Å². The first-order valence-corrected chi connectivity index (χ1v) is 11.8. The van der Waals surface area contributed by atoms with E-state index in [1.807, 2.05) is 24.3 Å². The molecular formula is C25H35ClO. The lowest BCUT2D eigenvalue weighted by Gasteiger charge is -2.60. The average molecular weight is 387 g/mol. The zero-order valence-corrected chi connectivity index (χ0v) is 17.8. The molecule has 0 aromatic heterocycles. The third kappa shape index (κ3) is 3.04. The van der Waals surface area contributed by atoms with Gasteiger partial charge in [0.25, 0.3) is 0 Å². The minimum atomic E-state index is 0.390. The van der Waals surface area contributed by atoms with Crippen LogP contribution in [0.1, 0.15) is 78.1 Å². The molecule has 1 nitrogen and oxygen atoms in total. The molecule has 0 N–H and O–H groups in total. The summed E-state index contributed by atoms with van der Waals surface area (Å²) in [4.78, 5) is 0. The fourth-order valence-electron chi connectivity index (χ4n) is 8.02. The Morgan fingerprint density at radius 2 is 1.70 bits per heavy atom. The van der Waals surface area contributed by atoms with E-state index in [1.54, 1.807) is 0 Å². The van der Waals surface area contributed by atoms with E-state index in [0.29, 0.717) is 16.9 Å². The molecule has 148 valence electrons. The molecule has 0 bridgehead atoms. The quantitative estimate of drug-likeness (QED) is 0.510. The van der Waals surface area contributed by atoms with Gasteiger partial charge in [0.05, 0.1) is 6.10 Å². The molecule has 27 heavy (non-hydrogen) atoms. The van der Waals surface area contributed by atoms with Crippen LogP contribution in [-0.2, 0) is 0 Å². The normalized spacial score (nSPS) is 46.3. The highest BCUT2D eigenvalue weighted by Gasteiger charge is 2.57. The van der Waals surface area contributed by atoms with E-state index in [4.69, 9.17) is 16.3 Å². The van der Waals surface area contributed by atoms with Crippen molar-refractivity contribution in [2.24, 2.45) is 34.5 Å². The summed E-state index contributed by atoms with van der Waals surface area (Å²) in [6.07, 6.45) is 14.6. The molecule has 0 heterocycles. The zero-order valence-electron chi connectivity index (χ0n) is 17.1. The van der Waals surface area contributed by atoms with E-state index < -0.39 is 0 Å². The largest absolute Gasteiger partial charge is 0.490 e. The van der Waals surface area contributed by atoms with Crippen molar-refractivity contribution in [3.05, 3.63) is 29.3 Å². The van der Waals surface area contributed by atoms with Gasteiger partial charge in [-0.05, 0) is 117 Å². The second kappa shape index (κ2) is 6.68. The summed E-state index contributed by atoms with van der Waals surface area (Å²) in [6, 6.07) is 7.93. The van der Waals surface area contributed by atoms with E-state index in [9.17, 15) is 0 Å². The van der Waals surface area contributed by atoms with Crippen molar-refractivity contribution >= 4 is 11.6 Å². The SMILES string of the molecule is C[C@@]12CCC[C@H]1[C@@H]1CC[C@H]3CC(Oc4ccc(Cl)cc4)CC[C@]3(C)[C@H]1CC2. The molecule has 0 saturated heterocycles. The Morgan fingerprint density at radius 1 is 0.889 bits per heavy atom. The first-order valence-electron chi connectivity index (χ1n) is 11.4. The second-order valence-electron chi connectivity index (χ2n) is 10.7. The summed E-state index contributed by atoms with van der Waals surface area (Å²) in [7, 11) is 0. The maximum absolute atomic E-state index is 6.37. The zero-order chi connectivity index (χ0) is 18.6. The predicted molar refractivity (Wildman–Crippen MR) is 112 cm³/mol. The summed E-state index contributed by atoms with van der Waals surface area (Å²) >= 11 is 6.02. The van der Waals surface area contributed by atoms with Crippen molar-refractivity contribution in [1.29, 1.82) is 0 Å². The molecule has 0 spiro atoms. The average Bonchev–Trinajstić information content (AvgIpc) is 3.06. The highest BCUT2D eigenvalue weighted by molar-refractivity contribution is 6.30. The van der Waals surface area contributed by atoms with Crippen molar-refractivity contribution in [3.63, 3.8) is 0 Å². The van der Waals surface area contributed by atoms with Crippen LogP contribution in [0.4, 0.5) is 0 Å². The van der Waals surface area contributed by atoms with Gasteiger partial charge >= 0.3 is 0 Å². The van der Waals surface area contributed by atoms with Gasteiger partial charge in [0, 0.05) is 5.02 Å². The Hall–Kier alpha value is -0.690. The third-order valence-corrected chi connectivity index (χ3v) is 9.77. The first-order chi connectivity index (χ1) is 13.0. The molecule has 4 fully saturated rings. The molecule has 4 aliphatic rings. The van der Waals surface area contributed by atoms with Crippen LogP contribution in [0, 0.1) is 34.5 Å². The standard InChI is InChI=1S/C25H35ClO/c1-24-13-3-4-22(24)21-10-5-17-16-20(27-19-8-6-18(26)7-9-19)11-15-25(17,2)23(21)12-14-24/h6-9,17,20-23H,3-5,10-16H2,1-2H3/t17-,20?,21-,22-,23-,24-,25-/m0/s1. The van der Waals surface area contributed by atoms with Gasteiger partial charge in [-0.15, -0.1) is 0 Å². The smallest absolute Gasteiger partial charge is 0.119 e. The van der Waals surface area contributed by atoms with Gasteiger partial charge in [0.1, 0.15) is 5.75 Å². The van der Waals surface area contributed by atoms with Gasteiger partial charge in [-0.3, -0.25) is 0 Å². The van der Waals surface area contributed by atoms with Crippen LogP contribution in [-0.4, -0.2) is 6.10 Å². The van der Waals surface area contributed by atoms with Crippen LogP contribution < -0.4 is 4.74 Å². The van der Waals surface area contributed by atoms with Crippen molar-refractivity contribution < 1.29 is 4.74 Å². The molecule has 0 radical (unpaired) electrons. The Morgan fingerprint density at radius 3 is 2.52 bits per heavy atom. The minimum Gasteiger partial charge on any atom is -0.490 e. The molecule has 4 saturated carbocycles. The maximum Gasteiger partial charge on any atom is 0.119 e. The van der Waals surface area contributed by atoms with Crippen LogP contribution in [0.5, 0.6) is 5.75 Å². The molecule has 0 aliphatic heterocycles. The Balaban J connectivity index is 1.30. The molecular weight excluding hydrogens is 352 g/mol. The maximum atomic E-state index is 6.37. The molecule has 5 rings (SSSR count). The van der Waals surface area contributed by atoms with Gasteiger partial charge in [-0.2, -0.15) is 0 Å². The summed E-state index contributed by atoms with van der Waals surface area (Å²) < 4.78 is 6.37. The number of halogens is 1. The number of hydrogen-bond acceptors (Lipinski definition) is 1. The second-order valence-corrected chi connectivity index (χ2v) is 11.1. The number of rotatable bonds is 2. The lowest BCUT2D eigenvalue weighted by molar-refractivity contribution is -0.118. The predicted octanol–water partition coefficient (Wildman–Crippen LogP) is 7.52. The number of fused-ring (bicyclic) bond motifs is 5. The molecule has 1 aromatic carbocycles. The van der Waals surface area contributed by atoms with Gasteiger partial charge in [-0.1, -0.05) is 31.9 Å². The van der Waals surface area contributed by atoms with Gasteiger partial charge in [0.15, 0.2) is 0 Å². The monoisotopic (exact) mass is 386 g/mol. The van der Waals surface area contributed by atoms with Crippen molar-refractivity contribution in [2.45, 2.75) is 84.2 Å². The van der Waals surface area contributed by atoms with Crippen LogP contribution in [0.15, 0.2) is 24.3 Å². The van der Waals surface area contributed by atoms with Crippen LogP contribution in [0.25, 0.3) is 0 Å². The van der Waals surface area contributed by atoms with Crippen LogP contribution in [0.3, 0.4) is 0 Å². The van der Waals surface area contributed by atoms with E-state index >= 15 is 0 Å². The van der Waals surface area contributed by atoms with E-state index in [0.717, 1.165) is 34.4 Å². The highest BCUT2D eigenvalue weighted by atomic mass is 35.5. The highest BCUT2D eigenvalue weighted by Crippen LogP contribution is 2.66. The summed E-state index contributed by atoms with van der Waals surface area (Å²) in [5.41, 5.74) is 1.24. The number of hydrogen-bond donors (Lipinski definition) is 0. The first kappa shape index (κ1) is 18.3. The van der Waals surface area contributed by atoms with Crippen molar-refractivity contribution in [2.75, 3.05) is 0 Å². The Kier molecular flexibility index (Phi) is 4.54. The van der Waals surface area contributed by atoms with Crippen LogP contribution >= 0.6 is 11.6 Å². The molecule has 7 atom stereocenters. The van der Waals surface area contributed by atoms with Gasteiger partial charge in [-0.25, -0.2) is 0 Å². The number of ether oxygens (including phenoxy) is 1. The van der Waals surface area contributed by atoms with Crippen LogP contribution in [0.2, 0.25) is 5.02 Å². The van der Waals surface area contributed by atoms with E-state index in [1.165, 1.54) is 64.2 Å². The van der Waals surface area contributed by atoms with E-state index in [2.05, 4.69) is 13.8 Å².